The van der Waals surface area contributed by atoms with Crippen LogP contribution in [0.2, 0.25) is 5.02 Å². The van der Waals surface area contributed by atoms with Gasteiger partial charge in [0, 0.05) is 13.2 Å². The second-order valence-corrected chi connectivity index (χ2v) is 5.96. The maximum absolute atomic E-state index is 12.1. The summed E-state index contributed by atoms with van der Waals surface area (Å²) in [6, 6.07) is 0.388. The van der Waals surface area contributed by atoms with Gasteiger partial charge in [-0.2, -0.15) is 5.10 Å². The van der Waals surface area contributed by atoms with Crippen molar-refractivity contribution in [3.05, 3.63) is 21.6 Å². The summed E-state index contributed by atoms with van der Waals surface area (Å²) < 4.78 is 6.30. The quantitative estimate of drug-likeness (QED) is 0.907. The highest BCUT2D eigenvalue weighted by Gasteiger charge is 2.15. The number of nitrogens with one attached hydrogen (secondary N) is 1. The molecule has 0 atom stereocenters. The Kier molecular flexibility index (Phi) is 6.51. The lowest BCUT2D eigenvalue weighted by Gasteiger charge is -2.22. The van der Waals surface area contributed by atoms with Crippen LogP contribution in [0.4, 0.5) is 5.69 Å². The summed E-state index contributed by atoms with van der Waals surface area (Å²) in [4.78, 5) is 12.1. The van der Waals surface area contributed by atoms with Gasteiger partial charge in [-0.05, 0) is 12.8 Å². The van der Waals surface area contributed by atoms with Crippen LogP contribution in [0.25, 0.3) is 0 Å². The molecule has 21 heavy (non-hydrogen) atoms. The van der Waals surface area contributed by atoms with E-state index < -0.39 is 0 Å². The monoisotopic (exact) mass is 313 g/mol. The molecular formula is C15H24ClN3O2. The van der Waals surface area contributed by atoms with E-state index in [0.29, 0.717) is 24.9 Å². The molecule has 6 heteroatoms. The van der Waals surface area contributed by atoms with Crippen LogP contribution in [0.3, 0.4) is 0 Å². The van der Waals surface area contributed by atoms with Crippen molar-refractivity contribution in [2.75, 3.05) is 19.0 Å². The second-order valence-electron chi connectivity index (χ2n) is 5.58. The van der Waals surface area contributed by atoms with Crippen molar-refractivity contribution in [3.8, 4) is 0 Å². The van der Waals surface area contributed by atoms with Crippen molar-refractivity contribution in [1.82, 2.24) is 9.78 Å². The van der Waals surface area contributed by atoms with Gasteiger partial charge in [0.15, 0.2) is 0 Å². The molecule has 0 amide bonds. The Balaban J connectivity index is 2.05. The summed E-state index contributed by atoms with van der Waals surface area (Å²) in [5.74, 6) is 0. The van der Waals surface area contributed by atoms with Gasteiger partial charge in [0.25, 0.3) is 5.56 Å². The van der Waals surface area contributed by atoms with Gasteiger partial charge in [-0.1, -0.05) is 43.7 Å². The predicted octanol–water partition coefficient (Wildman–Crippen LogP) is 3.07. The van der Waals surface area contributed by atoms with Crippen molar-refractivity contribution >= 4 is 17.3 Å². The molecule has 1 aromatic heterocycles. The Morgan fingerprint density at radius 2 is 2.00 bits per heavy atom. The van der Waals surface area contributed by atoms with Gasteiger partial charge in [0.1, 0.15) is 5.02 Å². The molecule has 2 rings (SSSR count). The molecule has 0 radical (unpaired) electrons. The van der Waals surface area contributed by atoms with Gasteiger partial charge in [-0.3, -0.25) is 4.79 Å². The zero-order valence-corrected chi connectivity index (χ0v) is 13.4. The van der Waals surface area contributed by atoms with E-state index in [2.05, 4.69) is 10.4 Å². The minimum absolute atomic E-state index is 0.225. The lowest BCUT2D eigenvalue weighted by molar-refractivity contribution is 0.182. The maximum atomic E-state index is 12.1. The molecule has 0 saturated heterocycles. The first-order chi connectivity index (χ1) is 10.2. The van der Waals surface area contributed by atoms with Crippen LogP contribution in [-0.4, -0.2) is 29.5 Å². The molecule has 1 aliphatic carbocycles. The van der Waals surface area contributed by atoms with E-state index in [4.69, 9.17) is 16.3 Å². The number of hydrogen-bond acceptors (Lipinski definition) is 4. The molecule has 0 aliphatic heterocycles. The van der Waals surface area contributed by atoms with Crippen LogP contribution >= 0.6 is 11.6 Å². The number of aromatic nitrogens is 2. The second kappa shape index (κ2) is 8.39. The van der Waals surface area contributed by atoms with Gasteiger partial charge < -0.3 is 10.1 Å². The van der Waals surface area contributed by atoms with E-state index in [1.807, 2.05) is 0 Å². The number of nitrogens with zero attached hydrogens (tertiary/aromatic N) is 2. The molecule has 1 aromatic rings. The van der Waals surface area contributed by atoms with Gasteiger partial charge in [0.2, 0.25) is 0 Å². The summed E-state index contributed by atoms with van der Waals surface area (Å²) in [5.41, 5.74) is 0.394. The van der Waals surface area contributed by atoms with Crippen molar-refractivity contribution in [3.63, 3.8) is 0 Å². The average Bonchev–Trinajstić information content (AvgIpc) is 2.45. The molecule has 0 bridgehead atoms. The standard InChI is InChI=1S/C15H24ClN3O2/c1-21-10-9-19-15(20)14(16)13(11-17-19)18-12-7-5-3-2-4-6-8-12/h11-12,18H,2-10H2,1H3. The highest BCUT2D eigenvalue weighted by molar-refractivity contribution is 6.32. The number of anilines is 1. The van der Waals surface area contributed by atoms with Crippen molar-refractivity contribution < 1.29 is 4.74 Å². The van der Waals surface area contributed by atoms with Gasteiger partial charge >= 0.3 is 0 Å². The molecule has 1 fully saturated rings. The van der Waals surface area contributed by atoms with Gasteiger partial charge in [-0.25, -0.2) is 4.68 Å². The van der Waals surface area contributed by atoms with E-state index in [0.717, 1.165) is 12.8 Å². The first-order valence-electron chi connectivity index (χ1n) is 7.73. The first kappa shape index (κ1) is 16.3. The minimum atomic E-state index is -0.260. The van der Waals surface area contributed by atoms with Crippen LogP contribution in [0.1, 0.15) is 44.9 Å². The lowest BCUT2D eigenvalue weighted by atomic mass is 9.96. The fourth-order valence-corrected chi connectivity index (χ4v) is 2.92. The Labute approximate surface area is 130 Å². The number of halogens is 1. The van der Waals surface area contributed by atoms with Crippen molar-refractivity contribution in [2.24, 2.45) is 0 Å². The third-order valence-electron chi connectivity index (χ3n) is 3.96. The van der Waals surface area contributed by atoms with E-state index in [9.17, 15) is 4.79 Å². The van der Waals surface area contributed by atoms with E-state index in [1.165, 1.54) is 36.8 Å². The summed E-state index contributed by atoms with van der Waals surface area (Å²) in [7, 11) is 1.59. The van der Waals surface area contributed by atoms with E-state index in [-0.39, 0.29) is 10.6 Å². The summed E-state index contributed by atoms with van der Waals surface area (Å²) in [6.07, 6.45) is 10.3. The summed E-state index contributed by atoms with van der Waals surface area (Å²) in [6.45, 7) is 0.859. The summed E-state index contributed by atoms with van der Waals surface area (Å²) >= 11 is 6.19. The van der Waals surface area contributed by atoms with Crippen LogP contribution in [0.15, 0.2) is 11.0 Å². The molecule has 1 N–H and O–H groups in total. The molecule has 0 aromatic carbocycles. The van der Waals surface area contributed by atoms with E-state index in [1.54, 1.807) is 13.3 Å². The number of rotatable bonds is 5. The van der Waals surface area contributed by atoms with Crippen LogP contribution in [-0.2, 0) is 11.3 Å². The summed E-state index contributed by atoms with van der Waals surface area (Å²) in [5, 5.41) is 7.79. The molecule has 0 unspecified atom stereocenters. The highest BCUT2D eigenvalue weighted by atomic mass is 35.5. The topological polar surface area (TPSA) is 56.1 Å². The number of hydrogen-bond donors (Lipinski definition) is 1. The molecule has 1 aliphatic rings. The fraction of sp³-hybridized carbons (Fsp3) is 0.733. The van der Waals surface area contributed by atoms with Crippen molar-refractivity contribution in [1.29, 1.82) is 0 Å². The molecule has 118 valence electrons. The lowest BCUT2D eigenvalue weighted by Crippen LogP contribution is -2.28. The Morgan fingerprint density at radius 1 is 1.33 bits per heavy atom. The molecule has 0 spiro atoms. The molecular weight excluding hydrogens is 290 g/mol. The normalized spacial score (nSPS) is 17.2. The third kappa shape index (κ3) is 4.71. The SMILES string of the molecule is COCCn1ncc(NC2CCCCCCC2)c(Cl)c1=O. The smallest absolute Gasteiger partial charge is 0.287 e. The predicted molar refractivity (Wildman–Crippen MR) is 85.1 cm³/mol. The number of ether oxygens (including phenoxy) is 1. The molecule has 1 saturated carbocycles. The molecule has 5 nitrogen and oxygen atoms in total. The average molecular weight is 314 g/mol. The zero-order valence-electron chi connectivity index (χ0n) is 12.6. The van der Waals surface area contributed by atoms with Crippen LogP contribution < -0.4 is 10.9 Å². The first-order valence-corrected chi connectivity index (χ1v) is 8.11. The van der Waals surface area contributed by atoms with Gasteiger partial charge in [-0.15, -0.1) is 0 Å². The van der Waals surface area contributed by atoms with Gasteiger partial charge in [0.05, 0.1) is 25.0 Å². The van der Waals surface area contributed by atoms with Crippen molar-refractivity contribution in [2.45, 2.75) is 57.5 Å². The van der Waals surface area contributed by atoms with Crippen LogP contribution in [0.5, 0.6) is 0 Å². The Morgan fingerprint density at radius 3 is 2.67 bits per heavy atom. The Hall–Kier alpha value is -1.07. The van der Waals surface area contributed by atoms with Crippen LogP contribution in [0, 0.1) is 0 Å². The Bertz CT molecular complexity index is 496. The third-order valence-corrected chi connectivity index (χ3v) is 4.32. The zero-order chi connectivity index (χ0) is 15.1. The minimum Gasteiger partial charge on any atom is -0.383 e. The van der Waals surface area contributed by atoms with E-state index >= 15 is 0 Å². The molecule has 1 heterocycles. The highest BCUT2D eigenvalue weighted by Crippen LogP contribution is 2.23. The number of methoxy groups -OCH3 is 1. The fourth-order valence-electron chi connectivity index (χ4n) is 2.72. The maximum Gasteiger partial charge on any atom is 0.287 e. The largest absolute Gasteiger partial charge is 0.383 e.